The molecule has 30 heavy (non-hydrogen) atoms. The Morgan fingerprint density at radius 3 is 2.27 bits per heavy atom. The summed E-state index contributed by atoms with van der Waals surface area (Å²) in [6.07, 6.45) is 4.78. The molecule has 7 heteroatoms. The molecule has 2 aliphatic rings. The highest BCUT2D eigenvalue weighted by Crippen LogP contribution is 2.11. The molecule has 0 saturated carbocycles. The van der Waals surface area contributed by atoms with E-state index >= 15 is 0 Å². The molecular formula is C23H34N6O. The molecule has 0 bridgehead atoms. The zero-order valence-corrected chi connectivity index (χ0v) is 18.1. The number of likely N-dealkylation sites (tertiary alicyclic amines) is 1. The smallest absolute Gasteiger partial charge is 0.236 e. The molecule has 0 aromatic heterocycles. The molecule has 3 rings (SSSR count). The van der Waals surface area contributed by atoms with Crippen molar-refractivity contribution >= 4 is 11.9 Å². The Morgan fingerprint density at radius 2 is 1.67 bits per heavy atom. The maximum absolute atomic E-state index is 12.7. The Balaban J connectivity index is 1.50. The summed E-state index contributed by atoms with van der Waals surface area (Å²) in [5.74, 6) is 1.20. The summed E-state index contributed by atoms with van der Waals surface area (Å²) in [5, 5.41) is 12.3. The highest BCUT2D eigenvalue weighted by atomic mass is 16.2. The second kappa shape index (κ2) is 11.6. The number of hydrogen-bond acceptors (Lipinski definition) is 4. The fourth-order valence-electron chi connectivity index (χ4n) is 4.01. The predicted octanol–water partition coefficient (Wildman–Crippen LogP) is 2.04. The number of benzene rings is 1. The summed E-state index contributed by atoms with van der Waals surface area (Å²) >= 11 is 0. The quantitative estimate of drug-likeness (QED) is 0.594. The minimum atomic E-state index is 0.284. The molecule has 2 aliphatic heterocycles. The lowest BCUT2D eigenvalue weighted by atomic mass is 10.1. The Kier molecular flexibility index (Phi) is 8.52. The second-order valence-corrected chi connectivity index (χ2v) is 8.04. The molecule has 1 N–H and O–H groups in total. The standard InChI is InChI=1S/C23H34N6O/c1-2-25-23(26-18-21-9-7-20(17-24)8-10-21)29-15-13-27(14-16-29)19-22(30)28-11-5-3-4-6-12-28/h7-10H,2-6,11-16,18-19H2,1H3,(H,25,26). The first-order valence-electron chi connectivity index (χ1n) is 11.2. The molecule has 0 radical (unpaired) electrons. The minimum absolute atomic E-state index is 0.284. The highest BCUT2D eigenvalue weighted by molar-refractivity contribution is 5.80. The van der Waals surface area contributed by atoms with Gasteiger partial charge in [0.1, 0.15) is 0 Å². The summed E-state index contributed by atoms with van der Waals surface area (Å²) in [6, 6.07) is 9.72. The maximum Gasteiger partial charge on any atom is 0.236 e. The molecule has 1 aromatic rings. The van der Waals surface area contributed by atoms with Crippen LogP contribution in [0.4, 0.5) is 0 Å². The molecule has 1 aromatic carbocycles. The molecule has 2 saturated heterocycles. The molecule has 7 nitrogen and oxygen atoms in total. The summed E-state index contributed by atoms with van der Waals surface area (Å²) in [5.41, 5.74) is 1.76. The lowest BCUT2D eigenvalue weighted by Crippen LogP contribution is -2.54. The summed E-state index contributed by atoms with van der Waals surface area (Å²) in [4.78, 5) is 24.1. The van der Waals surface area contributed by atoms with Crippen molar-refractivity contribution in [2.24, 2.45) is 4.99 Å². The third-order valence-corrected chi connectivity index (χ3v) is 5.82. The Bertz CT molecular complexity index is 738. The first-order chi connectivity index (χ1) is 14.7. The van der Waals surface area contributed by atoms with E-state index in [1.54, 1.807) is 0 Å². The number of piperazine rings is 1. The lowest BCUT2D eigenvalue weighted by Gasteiger charge is -2.37. The predicted molar refractivity (Wildman–Crippen MR) is 119 cm³/mol. The van der Waals surface area contributed by atoms with Crippen LogP contribution in [-0.4, -0.2) is 78.9 Å². The zero-order valence-electron chi connectivity index (χ0n) is 18.1. The van der Waals surface area contributed by atoms with E-state index in [2.05, 4.69) is 33.0 Å². The van der Waals surface area contributed by atoms with Crippen molar-refractivity contribution in [1.29, 1.82) is 5.26 Å². The van der Waals surface area contributed by atoms with Gasteiger partial charge in [0, 0.05) is 45.8 Å². The van der Waals surface area contributed by atoms with Crippen LogP contribution in [0.5, 0.6) is 0 Å². The van der Waals surface area contributed by atoms with Gasteiger partial charge in [0.25, 0.3) is 0 Å². The first-order valence-corrected chi connectivity index (χ1v) is 11.2. The van der Waals surface area contributed by atoms with Crippen LogP contribution in [0.1, 0.15) is 43.7 Å². The van der Waals surface area contributed by atoms with Crippen LogP contribution in [0.3, 0.4) is 0 Å². The van der Waals surface area contributed by atoms with E-state index in [1.165, 1.54) is 12.8 Å². The van der Waals surface area contributed by atoms with E-state index in [4.69, 9.17) is 10.3 Å². The van der Waals surface area contributed by atoms with E-state index in [0.717, 1.165) is 70.2 Å². The van der Waals surface area contributed by atoms with Crippen molar-refractivity contribution in [3.63, 3.8) is 0 Å². The minimum Gasteiger partial charge on any atom is -0.357 e. The summed E-state index contributed by atoms with van der Waals surface area (Å²) < 4.78 is 0. The number of nitrogens with zero attached hydrogens (tertiary/aromatic N) is 5. The van der Waals surface area contributed by atoms with E-state index in [9.17, 15) is 4.79 Å². The number of rotatable bonds is 5. The monoisotopic (exact) mass is 410 g/mol. The third-order valence-electron chi connectivity index (χ3n) is 5.82. The number of nitrogens with one attached hydrogen (secondary N) is 1. The highest BCUT2D eigenvalue weighted by Gasteiger charge is 2.23. The van der Waals surface area contributed by atoms with E-state index < -0.39 is 0 Å². The zero-order chi connectivity index (χ0) is 21.2. The molecule has 0 spiro atoms. The van der Waals surface area contributed by atoms with Crippen LogP contribution in [0.2, 0.25) is 0 Å². The van der Waals surface area contributed by atoms with E-state index in [0.29, 0.717) is 18.7 Å². The number of nitriles is 1. The van der Waals surface area contributed by atoms with Crippen molar-refractivity contribution in [2.75, 3.05) is 52.4 Å². The van der Waals surface area contributed by atoms with Crippen molar-refractivity contribution in [3.05, 3.63) is 35.4 Å². The normalized spacial score (nSPS) is 18.6. The molecule has 1 amide bonds. The van der Waals surface area contributed by atoms with Gasteiger partial charge in [-0.1, -0.05) is 25.0 Å². The number of aliphatic imine (C=N–C) groups is 1. The molecule has 0 aliphatic carbocycles. The van der Waals surface area contributed by atoms with Gasteiger partial charge in [-0.25, -0.2) is 4.99 Å². The average molecular weight is 411 g/mol. The SMILES string of the molecule is CCNC(=NCc1ccc(C#N)cc1)N1CCN(CC(=O)N2CCCCCC2)CC1. The van der Waals surface area contributed by atoms with Gasteiger partial charge in [0.05, 0.1) is 24.7 Å². The number of amides is 1. The Hall–Kier alpha value is -2.59. The third kappa shape index (κ3) is 6.46. The van der Waals surface area contributed by atoms with Gasteiger partial charge in [-0.2, -0.15) is 5.26 Å². The van der Waals surface area contributed by atoms with Crippen LogP contribution >= 0.6 is 0 Å². The van der Waals surface area contributed by atoms with Crippen LogP contribution in [-0.2, 0) is 11.3 Å². The summed E-state index contributed by atoms with van der Waals surface area (Å²) in [6.45, 7) is 9.35. The van der Waals surface area contributed by atoms with Crippen LogP contribution in [0.25, 0.3) is 0 Å². The molecule has 0 atom stereocenters. The van der Waals surface area contributed by atoms with E-state index in [1.807, 2.05) is 24.3 Å². The molecule has 2 fully saturated rings. The number of guanidine groups is 1. The Morgan fingerprint density at radius 1 is 1.00 bits per heavy atom. The summed E-state index contributed by atoms with van der Waals surface area (Å²) in [7, 11) is 0. The van der Waals surface area contributed by atoms with Gasteiger partial charge in [-0.3, -0.25) is 9.69 Å². The van der Waals surface area contributed by atoms with E-state index in [-0.39, 0.29) is 5.91 Å². The van der Waals surface area contributed by atoms with Gasteiger partial charge < -0.3 is 15.1 Å². The number of carbonyl (C=O) groups excluding carboxylic acids is 1. The maximum atomic E-state index is 12.7. The molecule has 2 heterocycles. The van der Waals surface area contributed by atoms with Crippen molar-refractivity contribution < 1.29 is 4.79 Å². The van der Waals surface area contributed by atoms with Gasteiger partial charge in [0.15, 0.2) is 5.96 Å². The largest absolute Gasteiger partial charge is 0.357 e. The van der Waals surface area contributed by atoms with Gasteiger partial charge >= 0.3 is 0 Å². The average Bonchev–Trinajstić information content (AvgIpc) is 3.07. The van der Waals surface area contributed by atoms with Crippen LogP contribution in [0, 0.1) is 11.3 Å². The fourth-order valence-corrected chi connectivity index (χ4v) is 4.01. The van der Waals surface area contributed by atoms with Crippen molar-refractivity contribution in [2.45, 2.75) is 39.2 Å². The lowest BCUT2D eigenvalue weighted by molar-refractivity contribution is -0.132. The van der Waals surface area contributed by atoms with Crippen LogP contribution in [0.15, 0.2) is 29.3 Å². The molecule has 162 valence electrons. The Labute approximate surface area is 180 Å². The fraction of sp³-hybridized carbons (Fsp3) is 0.609. The second-order valence-electron chi connectivity index (χ2n) is 8.04. The first kappa shape index (κ1) is 22.1. The van der Waals surface area contributed by atoms with Gasteiger partial charge in [0.2, 0.25) is 5.91 Å². The topological polar surface area (TPSA) is 75.0 Å². The van der Waals surface area contributed by atoms with Crippen molar-refractivity contribution in [1.82, 2.24) is 20.0 Å². The van der Waals surface area contributed by atoms with Crippen molar-refractivity contribution in [3.8, 4) is 6.07 Å². The van der Waals surface area contributed by atoms with Gasteiger partial charge in [-0.15, -0.1) is 0 Å². The molecule has 0 unspecified atom stereocenters. The number of carbonyl (C=O) groups is 1. The number of hydrogen-bond donors (Lipinski definition) is 1. The van der Waals surface area contributed by atoms with Gasteiger partial charge in [-0.05, 0) is 37.5 Å². The van der Waals surface area contributed by atoms with Crippen LogP contribution < -0.4 is 5.32 Å². The molecular weight excluding hydrogens is 376 g/mol.